The summed E-state index contributed by atoms with van der Waals surface area (Å²) in [6.07, 6.45) is 1.37. The number of hydrogen-bond acceptors (Lipinski definition) is 3. The first-order valence-electron chi connectivity index (χ1n) is 4.09. The zero-order valence-corrected chi connectivity index (χ0v) is 7.45. The van der Waals surface area contributed by atoms with Crippen molar-refractivity contribution in [2.24, 2.45) is 0 Å². The monoisotopic (exact) mass is 159 g/mol. The molecule has 0 aromatic carbocycles. The van der Waals surface area contributed by atoms with E-state index < -0.39 is 6.29 Å². The lowest BCUT2D eigenvalue weighted by Gasteiger charge is -2.34. The molecule has 1 N–H and O–H groups in total. The van der Waals surface area contributed by atoms with E-state index in [1.54, 1.807) is 0 Å². The van der Waals surface area contributed by atoms with Crippen molar-refractivity contribution in [3.63, 3.8) is 0 Å². The Labute approximate surface area is 68.0 Å². The molecular weight excluding hydrogens is 142 g/mol. The second-order valence-electron chi connectivity index (χ2n) is 3.49. The highest BCUT2D eigenvalue weighted by Gasteiger charge is 2.26. The minimum atomic E-state index is -0.564. The highest BCUT2D eigenvalue weighted by molar-refractivity contribution is 4.75. The molecule has 66 valence electrons. The molecule has 0 aromatic rings. The Hall–Kier alpha value is -0.120. The van der Waals surface area contributed by atoms with Crippen LogP contribution in [0.5, 0.6) is 0 Å². The summed E-state index contributed by atoms with van der Waals surface area (Å²) in [5, 5.41) is 9.25. The van der Waals surface area contributed by atoms with Crippen molar-refractivity contribution in [1.82, 2.24) is 4.90 Å². The summed E-state index contributed by atoms with van der Waals surface area (Å²) in [4.78, 5) is 2.14. The Kier molecular flexibility index (Phi) is 2.87. The van der Waals surface area contributed by atoms with Gasteiger partial charge in [0.05, 0.1) is 6.10 Å². The van der Waals surface area contributed by atoms with Crippen molar-refractivity contribution in [2.75, 3.05) is 14.1 Å². The molecule has 1 heterocycles. The van der Waals surface area contributed by atoms with E-state index in [0.717, 1.165) is 12.8 Å². The SMILES string of the molecule is CC1C[C@H](N(C)C)C[C@H](O)O1. The van der Waals surface area contributed by atoms with E-state index in [0.29, 0.717) is 6.04 Å². The predicted molar refractivity (Wildman–Crippen MR) is 43.3 cm³/mol. The number of nitrogens with zero attached hydrogens (tertiary/aromatic N) is 1. The van der Waals surface area contributed by atoms with Crippen LogP contribution < -0.4 is 0 Å². The second-order valence-corrected chi connectivity index (χ2v) is 3.49. The lowest BCUT2D eigenvalue weighted by molar-refractivity contribution is -0.172. The number of aliphatic hydroxyl groups is 1. The first-order valence-corrected chi connectivity index (χ1v) is 4.09. The van der Waals surface area contributed by atoms with Crippen LogP contribution in [0.2, 0.25) is 0 Å². The van der Waals surface area contributed by atoms with Crippen LogP contribution in [0, 0.1) is 0 Å². The second kappa shape index (κ2) is 3.52. The molecule has 1 fully saturated rings. The zero-order valence-electron chi connectivity index (χ0n) is 7.45. The lowest BCUT2D eigenvalue weighted by atomic mass is 10.0. The quantitative estimate of drug-likeness (QED) is 0.602. The molecule has 1 aliphatic rings. The van der Waals surface area contributed by atoms with E-state index in [9.17, 15) is 5.11 Å². The van der Waals surface area contributed by atoms with Crippen LogP contribution in [0.15, 0.2) is 0 Å². The van der Waals surface area contributed by atoms with Gasteiger partial charge >= 0.3 is 0 Å². The van der Waals surface area contributed by atoms with E-state index in [2.05, 4.69) is 4.90 Å². The van der Waals surface area contributed by atoms with E-state index in [-0.39, 0.29) is 6.10 Å². The van der Waals surface area contributed by atoms with Crippen molar-refractivity contribution in [1.29, 1.82) is 0 Å². The molecule has 0 aliphatic carbocycles. The molecule has 1 saturated heterocycles. The molecule has 0 bridgehead atoms. The minimum absolute atomic E-state index is 0.186. The summed E-state index contributed by atoms with van der Waals surface area (Å²) < 4.78 is 5.20. The van der Waals surface area contributed by atoms with Gasteiger partial charge in [0, 0.05) is 12.5 Å². The van der Waals surface area contributed by atoms with Gasteiger partial charge in [0.2, 0.25) is 0 Å². The van der Waals surface area contributed by atoms with Gasteiger partial charge in [-0.3, -0.25) is 0 Å². The number of hydrogen-bond donors (Lipinski definition) is 1. The zero-order chi connectivity index (χ0) is 8.43. The average molecular weight is 159 g/mol. The molecule has 1 unspecified atom stereocenters. The molecule has 1 aliphatic heterocycles. The molecule has 11 heavy (non-hydrogen) atoms. The summed E-state index contributed by atoms with van der Waals surface area (Å²) in [6.45, 7) is 2.00. The van der Waals surface area contributed by atoms with Gasteiger partial charge in [-0.2, -0.15) is 0 Å². The van der Waals surface area contributed by atoms with Crippen molar-refractivity contribution < 1.29 is 9.84 Å². The van der Waals surface area contributed by atoms with Crippen LogP contribution in [-0.2, 0) is 4.74 Å². The van der Waals surface area contributed by atoms with Crippen LogP contribution in [0.25, 0.3) is 0 Å². The Balaban J connectivity index is 2.43. The maximum absolute atomic E-state index is 9.25. The van der Waals surface area contributed by atoms with Crippen LogP contribution >= 0.6 is 0 Å². The van der Waals surface area contributed by atoms with Gasteiger partial charge in [0.25, 0.3) is 0 Å². The van der Waals surface area contributed by atoms with Gasteiger partial charge in [-0.25, -0.2) is 0 Å². The van der Waals surface area contributed by atoms with Crippen molar-refractivity contribution in [3.05, 3.63) is 0 Å². The number of ether oxygens (including phenoxy) is 1. The van der Waals surface area contributed by atoms with Gasteiger partial charge < -0.3 is 14.7 Å². The van der Waals surface area contributed by atoms with E-state index in [4.69, 9.17) is 4.74 Å². The summed E-state index contributed by atoms with van der Waals surface area (Å²) in [5.74, 6) is 0. The summed E-state index contributed by atoms with van der Waals surface area (Å²) in [7, 11) is 4.07. The molecule has 1 rings (SSSR count). The maximum Gasteiger partial charge on any atom is 0.156 e. The van der Waals surface area contributed by atoms with Crippen LogP contribution in [-0.4, -0.2) is 42.5 Å². The normalized spacial score (nSPS) is 39.5. The van der Waals surface area contributed by atoms with Crippen LogP contribution in [0.3, 0.4) is 0 Å². The first-order chi connectivity index (χ1) is 5.09. The summed E-state index contributed by atoms with van der Waals surface area (Å²) >= 11 is 0. The Morgan fingerprint density at radius 2 is 2.00 bits per heavy atom. The Bertz CT molecular complexity index is 117. The molecule has 0 aromatic heterocycles. The molecule has 3 nitrogen and oxygen atoms in total. The largest absolute Gasteiger partial charge is 0.368 e. The van der Waals surface area contributed by atoms with Gasteiger partial charge in [-0.05, 0) is 27.4 Å². The number of rotatable bonds is 1. The average Bonchev–Trinajstić information content (AvgIpc) is 1.85. The Morgan fingerprint density at radius 1 is 1.36 bits per heavy atom. The van der Waals surface area contributed by atoms with Crippen molar-refractivity contribution >= 4 is 0 Å². The molecule has 0 radical (unpaired) electrons. The van der Waals surface area contributed by atoms with E-state index >= 15 is 0 Å². The molecule has 3 atom stereocenters. The summed E-state index contributed by atoms with van der Waals surface area (Å²) in [6, 6.07) is 0.466. The third-order valence-corrected chi connectivity index (χ3v) is 2.20. The highest BCUT2D eigenvalue weighted by Crippen LogP contribution is 2.20. The van der Waals surface area contributed by atoms with Gasteiger partial charge in [-0.1, -0.05) is 0 Å². The smallest absolute Gasteiger partial charge is 0.156 e. The third kappa shape index (κ3) is 2.43. The van der Waals surface area contributed by atoms with Gasteiger partial charge in [0.15, 0.2) is 6.29 Å². The maximum atomic E-state index is 9.25. The van der Waals surface area contributed by atoms with Gasteiger partial charge in [0.1, 0.15) is 0 Å². The molecular formula is C8H17NO2. The molecule has 0 amide bonds. The third-order valence-electron chi connectivity index (χ3n) is 2.20. The van der Waals surface area contributed by atoms with E-state index in [1.807, 2.05) is 21.0 Å². The topological polar surface area (TPSA) is 32.7 Å². The lowest BCUT2D eigenvalue weighted by Crippen LogP contribution is -2.41. The fraction of sp³-hybridized carbons (Fsp3) is 1.00. The highest BCUT2D eigenvalue weighted by atomic mass is 16.6. The molecule has 3 heteroatoms. The fourth-order valence-corrected chi connectivity index (χ4v) is 1.51. The Morgan fingerprint density at radius 3 is 2.45 bits per heavy atom. The van der Waals surface area contributed by atoms with Gasteiger partial charge in [-0.15, -0.1) is 0 Å². The number of aliphatic hydroxyl groups excluding tert-OH is 1. The predicted octanol–water partition coefficient (Wildman–Crippen LogP) is 0.434. The summed E-state index contributed by atoms with van der Waals surface area (Å²) in [5.41, 5.74) is 0. The molecule has 0 saturated carbocycles. The minimum Gasteiger partial charge on any atom is -0.368 e. The standard InChI is InChI=1S/C8H17NO2/c1-6-4-7(9(2)3)5-8(10)11-6/h6-8,10H,4-5H2,1-3H3/t6?,7-,8+/m0/s1. The van der Waals surface area contributed by atoms with Crippen molar-refractivity contribution in [3.8, 4) is 0 Å². The van der Waals surface area contributed by atoms with E-state index in [1.165, 1.54) is 0 Å². The van der Waals surface area contributed by atoms with Crippen LogP contribution in [0.4, 0.5) is 0 Å². The first kappa shape index (κ1) is 8.97. The fourth-order valence-electron chi connectivity index (χ4n) is 1.51. The van der Waals surface area contributed by atoms with Crippen molar-refractivity contribution in [2.45, 2.75) is 38.2 Å². The molecule has 0 spiro atoms. The van der Waals surface area contributed by atoms with Crippen LogP contribution in [0.1, 0.15) is 19.8 Å².